The van der Waals surface area contributed by atoms with Crippen LogP contribution in [0.15, 0.2) is 48.8 Å². The number of aromatic nitrogens is 1. The SMILES string of the molecule is OC[C@@H]1CCCCC[C@@H]1NCc1ccn(Cc2ccccc2)c1. The second kappa shape index (κ2) is 8.32. The first-order chi connectivity index (χ1) is 11.3. The number of aliphatic hydroxyl groups is 1. The van der Waals surface area contributed by atoms with E-state index in [9.17, 15) is 5.11 Å². The van der Waals surface area contributed by atoms with Gasteiger partial charge in [-0.1, -0.05) is 49.6 Å². The molecule has 1 fully saturated rings. The topological polar surface area (TPSA) is 37.2 Å². The van der Waals surface area contributed by atoms with E-state index in [1.54, 1.807) is 0 Å². The molecular weight excluding hydrogens is 284 g/mol. The van der Waals surface area contributed by atoms with Gasteiger partial charge in [0.1, 0.15) is 0 Å². The van der Waals surface area contributed by atoms with Crippen LogP contribution in [0.1, 0.15) is 43.2 Å². The molecule has 0 saturated heterocycles. The summed E-state index contributed by atoms with van der Waals surface area (Å²) in [5.41, 5.74) is 2.65. The molecule has 1 heterocycles. The summed E-state index contributed by atoms with van der Waals surface area (Å²) < 4.78 is 2.24. The quantitative estimate of drug-likeness (QED) is 0.800. The van der Waals surface area contributed by atoms with Crippen molar-refractivity contribution in [2.75, 3.05) is 6.61 Å². The Morgan fingerprint density at radius 3 is 2.65 bits per heavy atom. The molecule has 2 aromatic rings. The minimum Gasteiger partial charge on any atom is -0.396 e. The molecular formula is C20H28N2O. The van der Waals surface area contributed by atoms with Crippen molar-refractivity contribution < 1.29 is 5.11 Å². The first kappa shape index (κ1) is 16.3. The van der Waals surface area contributed by atoms with Crippen LogP contribution in [0.25, 0.3) is 0 Å². The Kier molecular flexibility index (Phi) is 5.89. The minimum absolute atomic E-state index is 0.312. The van der Waals surface area contributed by atoms with E-state index < -0.39 is 0 Å². The molecule has 1 aromatic carbocycles. The average molecular weight is 312 g/mol. The van der Waals surface area contributed by atoms with Crippen LogP contribution in [0, 0.1) is 5.92 Å². The molecule has 0 unspecified atom stereocenters. The molecule has 23 heavy (non-hydrogen) atoms. The zero-order chi connectivity index (χ0) is 15.9. The van der Waals surface area contributed by atoms with Gasteiger partial charge in [-0.3, -0.25) is 0 Å². The fraction of sp³-hybridized carbons (Fsp3) is 0.500. The maximum Gasteiger partial charge on any atom is 0.0474 e. The van der Waals surface area contributed by atoms with Gasteiger partial charge in [-0.15, -0.1) is 0 Å². The summed E-state index contributed by atoms with van der Waals surface area (Å²) in [5.74, 6) is 0.420. The summed E-state index contributed by atoms with van der Waals surface area (Å²) in [7, 11) is 0. The summed E-state index contributed by atoms with van der Waals surface area (Å²) in [6.07, 6.45) is 10.6. The van der Waals surface area contributed by atoms with Crippen LogP contribution in [-0.2, 0) is 13.1 Å². The number of benzene rings is 1. The lowest BCUT2D eigenvalue weighted by atomic mass is 9.95. The van der Waals surface area contributed by atoms with Crippen LogP contribution in [0.3, 0.4) is 0 Å². The highest BCUT2D eigenvalue weighted by molar-refractivity contribution is 5.17. The highest BCUT2D eigenvalue weighted by Crippen LogP contribution is 2.23. The van der Waals surface area contributed by atoms with E-state index in [0.717, 1.165) is 19.5 Å². The van der Waals surface area contributed by atoms with Gasteiger partial charge in [0.05, 0.1) is 0 Å². The van der Waals surface area contributed by atoms with Crippen LogP contribution < -0.4 is 5.32 Å². The normalized spacial score (nSPS) is 22.0. The van der Waals surface area contributed by atoms with Gasteiger partial charge in [-0.25, -0.2) is 0 Å². The third-order valence-corrected chi connectivity index (χ3v) is 4.98. The van der Waals surface area contributed by atoms with Gasteiger partial charge in [-0.05, 0) is 36.0 Å². The van der Waals surface area contributed by atoms with E-state index in [-0.39, 0.29) is 0 Å². The van der Waals surface area contributed by atoms with Crippen LogP contribution in [0.4, 0.5) is 0 Å². The van der Waals surface area contributed by atoms with E-state index >= 15 is 0 Å². The largest absolute Gasteiger partial charge is 0.396 e. The number of hydrogen-bond acceptors (Lipinski definition) is 2. The molecule has 0 bridgehead atoms. The lowest BCUT2D eigenvalue weighted by molar-refractivity contribution is 0.181. The molecule has 1 aliphatic carbocycles. The van der Waals surface area contributed by atoms with E-state index in [4.69, 9.17) is 0 Å². The Labute approximate surface area is 139 Å². The van der Waals surface area contributed by atoms with E-state index in [1.807, 2.05) is 0 Å². The molecule has 0 spiro atoms. The Balaban J connectivity index is 1.54. The molecule has 3 nitrogen and oxygen atoms in total. The van der Waals surface area contributed by atoms with Crippen molar-refractivity contribution in [1.82, 2.24) is 9.88 Å². The highest BCUT2D eigenvalue weighted by atomic mass is 16.3. The molecule has 1 aliphatic rings. The van der Waals surface area contributed by atoms with Gasteiger partial charge >= 0.3 is 0 Å². The van der Waals surface area contributed by atoms with Gasteiger partial charge < -0.3 is 15.0 Å². The smallest absolute Gasteiger partial charge is 0.0474 e. The molecule has 2 N–H and O–H groups in total. The molecule has 124 valence electrons. The molecule has 1 saturated carbocycles. The van der Waals surface area contributed by atoms with Crippen molar-refractivity contribution >= 4 is 0 Å². The van der Waals surface area contributed by atoms with E-state index in [2.05, 4.69) is 58.7 Å². The Hall–Kier alpha value is -1.58. The Bertz CT molecular complexity index is 578. The predicted molar refractivity (Wildman–Crippen MR) is 94.3 cm³/mol. The van der Waals surface area contributed by atoms with Crippen molar-refractivity contribution in [2.45, 2.75) is 51.2 Å². The predicted octanol–water partition coefficient (Wildman–Crippen LogP) is 3.57. The van der Waals surface area contributed by atoms with Crippen LogP contribution in [-0.4, -0.2) is 22.3 Å². The number of nitrogens with zero attached hydrogens (tertiary/aromatic N) is 1. The van der Waals surface area contributed by atoms with Gasteiger partial charge in [0.15, 0.2) is 0 Å². The van der Waals surface area contributed by atoms with E-state index in [1.165, 1.54) is 36.8 Å². The second-order valence-electron chi connectivity index (χ2n) is 6.75. The van der Waals surface area contributed by atoms with Crippen molar-refractivity contribution in [3.8, 4) is 0 Å². The molecule has 2 atom stereocenters. The van der Waals surface area contributed by atoms with Crippen molar-refractivity contribution in [3.05, 3.63) is 59.9 Å². The third-order valence-electron chi connectivity index (χ3n) is 4.98. The number of rotatable bonds is 6. The lowest BCUT2D eigenvalue weighted by Crippen LogP contribution is -2.36. The Morgan fingerprint density at radius 1 is 1.00 bits per heavy atom. The monoisotopic (exact) mass is 312 g/mol. The van der Waals surface area contributed by atoms with Crippen molar-refractivity contribution in [2.24, 2.45) is 5.92 Å². The summed E-state index contributed by atoms with van der Waals surface area (Å²) in [6, 6.07) is 13.2. The first-order valence-corrected chi connectivity index (χ1v) is 8.88. The molecule has 3 heteroatoms. The fourth-order valence-electron chi connectivity index (χ4n) is 3.61. The number of nitrogens with one attached hydrogen (secondary N) is 1. The van der Waals surface area contributed by atoms with Crippen molar-refractivity contribution in [1.29, 1.82) is 0 Å². The third kappa shape index (κ3) is 4.69. The van der Waals surface area contributed by atoms with E-state index in [0.29, 0.717) is 18.6 Å². The van der Waals surface area contributed by atoms with Crippen LogP contribution in [0.2, 0.25) is 0 Å². The van der Waals surface area contributed by atoms with Crippen LogP contribution in [0.5, 0.6) is 0 Å². The molecule has 0 radical (unpaired) electrons. The molecule has 3 rings (SSSR count). The summed E-state index contributed by atoms with van der Waals surface area (Å²) >= 11 is 0. The molecule has 1 aromatic heterocycles. The molecule has 0 aliphatic heterocycles. The first-order valence-electron chi connectivity index (χ1n) is 8.88. The summed E-state index contributed by atoms with van der Waals surface area (Å²) in [5, 5.41) is 13.3. The average Bonchev–Trinajstić information content (AvgIpc) is 2.90. The van der Waals surface area contributed by atoms with Gasteiger partial charge in [0.2, 0.25) is 0 Å². The summed E-state index contributed by atoms with van der Waals surface area (Å²) in [4.78, 5) is 0. The zero-order valence-electron chi connectivity index (χ0n) is 13.8. The highest BCUT2D eigenvalue weighted by Gasteiger charge is 2.22. The van der Waals surface area contributed by atoms with Gasteiger partial charge in [0.25, 0.3) is 0 Å². The standard InChI is InChI=1S/C20H28N2O/c23-16-19-9-5-2-6-10-20(19)21-13-18-11-12-22(15-18)14-17-7-3-1-4-8-17/h1,3-4,7-8,11-12,15,19-21,23H,2,5-6,9-10,13-14,16H2/t19-,20-/m0/s1. The maximum absolute atomic E-state index is 9.61. The molecule has 0 amide bonds. The van der Waals surface area contributed by atoms with Gasteiger partial charge in [0, 0.05) is 38.1 Å². The lowest BCUT2D eigenvalue weighted by Gasteiger charge is -2.24. The maximum atomic E-state index is 9.61. The Morgan fingerprint density at radius 2 is 1.83 bits per heavy atom. The van der Waals surface area contributed by atoms with Crippen LogP contribution >= 0.6 is 0 Å². The number of aliphatic hydroxyl groups excluding tert-OH is 1. The summed E-state index contributed by atoms with van der Waals surface area (Å²) in [6.45, 7) is 2.12. The minimum atomic E-state index is 0.312. The van der Waals surface area contributed by atoms with Gasteiger partial charge in [-0.2, -0.15) is 0 Å². The number of hydrogen-bond donors (Lipinski definition) is 2. The zero-order valence-corrected chi connectivity index (χ0v) is 13.8. The fourth-order valence-corrected chi connectivity index (χ4v) is 3.61. The van der Waals surface area contributed by atoms with Crippen molar-refractivity contribution in [3.63, 3.8) is 0 Å². The second-order valence-corrected chi connectivity index (χ2v) is 6.75.